The van der Waals surface area contributed by atoms with Gasteiger partial charge in [0.2, 0.25) is 0 Å². The Morgan fingerprint density at radius 3 is 2.95 bits per heavy atom. The molecule has 21 heavy (non-hydrogen) atoms. The number of nitrogens with one attached hydrogen (secondary N) is 1. The largest absolute Gasteiger partial charge is 0.305 e. The fourth-order valence-electron chi connectivity index (χ4n) is 2.63. The van der Waals surface area contributed by atoms with E-state index in [0.717, 1.165) is 36.3 Å². The Hall–Kier alpha value is -2.21. The van der Waals surface area contributed by atoms with Gasteiger partial charge in [-0.3, -0.25) is 0 Å². The van der Waals surface area contributed by atoms with Gasteiger partial charge in [-0.1, -0.05) is 25.1 Å². The molecule has 3 rings (SSSR count). The third-order valence-electron chi connectivity index (χ3n) is 3.55. The predicted molar refractivity (Wildman–Crippen MR) is 81.0 cm³/mol. The second kappa shape index (κ2) is 6.05. The van der Waals surface area contributed by atoms with Crippen LogP contribution in [0.5, 0.6) is 0 Å². The number of fused-ring (bicyclic) bond motifs is 1. The monoisotopic (exact) mass is 284 g/mol. The highest BCUT2D eigenvalue weighted by Gasteiger charge is 2.21. The van der Waals surface area contributed by atoms with E-state index in [4.69, 9.17) is 0 Å². The molecule has 0 saturated heterocycles. The lowest BCUT2D eigenvalue weighted by Gasteiger charge is -2.18. The van der Waals surface area contributed by atoms with Crippen molar-refractivity contribution in [3.63, 3.8) is 0 Å². The zero-order valence-electron chi connectivity index (χ0n) is 12.4. The number of aromatic nitrogens is 5. The molecule has 0 fully saturated rings. The molecular formula is C15H20N6. The molecule has 6 heteroatoms. The molecule has 0 saturated carbocycles. The topological polar surface area (TPSA) is 60.0 Å². The third kappa shape index (κ3) is 2.54. The first-order chi connectivity index (χ1) is 10.3. The summed E-state index contributed by atoms with van der Waals surface area (Å²) in [6.07, 6.45) is 6.76. The van der Waals surface area contributed by atoms with E-state index in [9.17, 15) is 0 Å². The maximum Gasteiger partial charge on any atom is 0.0803 e. The van der Waals surface area contributed by atoms with Crippen molar-refractivity contribution in [1.29, 1.82) is 0 Å². The van der Waals surface area contributed by atoms with Crippen LogP contribution >= 0.6 is 0 Å². The lowest BCUT2D eigenvalue weighted by Crippen LogP contribution is -2.25. The molecule has 0 amide bonds. The summed E-state index contributed by atoms with van der Waals surface area (Å²) in [6.45, 7) is 5.98. The lowest BCUT2D eigenvalue weighted by molar-refractivity contribution is 0.513. The summed E-state index contributed by atoms with van der Waals surface area (Å²) in [7, 11) is 0. The van der Waals surface area contributed by atoms with Gasteiger partial charge in [-0.15, -0.1) is 5.10 Å². The van der Waals surface area contributed by atoms with Crippen molar-refractivity contribution in [3.05, 3.63) is 48.0 Å². The first-order valence-electron chi connectivity index (χ1n) is 7.39. The maximum atomic E-state index is 4.43. The minimum absolute atomic E-state index is 0.0523. The summed E-state index contributed by atoms with van der Waals surface area (Å²) >= 11 is 0. The third-order valence-corrected chi connectivity index (χ3v) is 3.55. The molecule has 3 aromatic rings. The number of aryl methyl sites for hydroxylation is 1. The van der Waals surface area contributed by atoms with E-state index in [1.54, 1.807) is 0 Å². The smallest absolute Gasteiger partial charge is 0.0803 e. The fourth-order valence-corrected chi connectivity index (χ4v) is 2.63. The number of hydrogen-bond donors (Lipinski definition) is 1. The van der Waals surface area contributed by atoms with Crippen LogP contribution in [0, 0.1) is 0 Å². The summed E-state index contributed by atoms with van der Waals surface area (Å²) < 4.78 is 3.87. The molecule has 1 unspecified atom stereocenters. The Morgan fingerprint density at radius 2 is 2.14 bits per heavy atom. The summed E-state index contributed by atoms with van der Waals surface area (Å²) in [5.41, 5.74) is 3.34. The van der Waals surface area contributed by atoms with Crippen LogP contribution in [0.15, 0.2) is 36.8 Å². The summed E-state index contributed by atoms with van der Waals surface area (Å²) in [5.74, 6) is 0. The van der Waals surface area contributed by atoms with E-state index in [1.165, 1.54) is 0 Å². The van der Waals surface area contributed by atoms with Gasteiger partial charge in [0, 0.05) is 18.3 Å². The average molecular weight is 284 g/mol. The molecule has 3 aromatic heterocycles. The van der Waals surface area contributed by atoms with E-state index >= 15 is 0 Å². The normalized spacial score (nSPS) is 12.9. The zero-order chi connectivity index (χ0) is 14.7. The number of rotatable bonds is 6. The van der Waals surface area contributed by atoms with Gasteiger partial charge in [0.15, 0.2) is 0 Å². The molecule has 0 radical (unpaired) electrons. The molecule has 0 aliphatic heterocycles. The van der Waals surface area contributed by atoms with Crippen LogP contribution in [0.25, 0.3) is 5.52 Å². The SMILES string of the molecule is CCCn1nncc1C(NCC)c1cnn2ccccc12. The Labute approximate surface area is 123 Å². The van der Waals surface area contributed by atoms with Crippen molar-refractivity contribution in [2.24, 2.45) is 0 Å². The zero-order valence-corrected chi connectivity index (χ0v) is 12.4. The molecule has 110 valence electrons. The minimum atomic E-state index is 0.0523. The maximum absolute atomic E-state index is 4.43. The number of nitrogens with zero attached hydrogens (tertiary/aromatic N) is 5. The minimum Gasteiger partial charge on any atom is -0.305 e. The predicted octanol–water partition coefficient (Wildman–Crippen LogP) is 2.03. The van der Waals surface area contributed by atoms with Gasteiger partial charge in [0.25, 0.3) is 0 Å². The van der Waals surface area contributed by atoms with Crippen molar-refractivity contribution in [3.8, 4) is 0 Å². The van der Waals surface area contributed by atoms with E-state index in [-0.39, 0.29) is 6.04 Å². The summed E-state index contributed by atoms with van der Waals surface area (Å²) in [5, 5.41) is 16.2. The number of hydrogen-bond acceptors (Lipinski definition) is 4. The molecule has 1 N–H and O–H groups in total. The second-order valence-corrected chi connectivity index (χ2v) is 5.00. The molecule has 0 aromatic carbocycles. The van der Waals surface area contributed by atoms with Crippen molar-refractivity contribution in [2.45, 2.75) is 32.9 Å². The molecule has 0 aliphatic rings. The summed E-state index contributed by atoms with van der Waals surface area (Å²) in [4.78, 5) is 0. The Balaban J connectivity index is 2.07. The van der Waals surface area contributed by atoms with Crippen molar-refractivity contribution in [2.75, 3.05) is 6.54 Å². The first kappa shape index (κ1) is 13.8. The second-order valence-electron chi connectivity index (χ2n) is 5.00. The summed E-state index contributed by atoms with van der Waals surface area (Å²) in [6, 6.07) is 6.15. The number of pyridine rings is 1. The van der Waals surface area contributed by atoms with Crippen LogP contribution in [0.3, 0.4) is 0 Å². The molecule has 0 bridgehead atoms. The van der Waals surface area contributed by atoms with Gasteiger partial charge < -0.3 is 5.32 Å². The van der Waals surface area contributed by atoms with E-state index in [1.807, 2.05) is 39.9 Å². The molecule has 3 heterocycles. The van der Waals surface area contributed by atoms with E-state index in [2.05, 4.69) is 40.6 Å². The first-order valence-corrected chi connectivity index (χ1v) is 7.39. The van der Waals surface area contributed by atoms with Crippen LogP contribution in [0.4, 0.5) is 0 Å². The highest BCUT2D eigenvalue weighted by Crippen LogP contribution is 2.25. The average Bonchev–Trinajstić information content (AvgIpc) is 3.12. The fraction of sp³-hybridized carbons (Fsp3) is 0.400. The molecule has 0 spiro atoms. The molecule has 0 aliphatic carbocycles. The van der Waals surface area contributed by atoms with E-state index in [0.29, 0.717) is 0 Å². The molecule has 1 atom stereocenters. The van der Waals surface area contributed by atoms with Crippen molar-refractivity contribution < 1.29 is 0 Å². The van der Waals surface area contributed by atoms with Crippen LogP contribution in [0.1, 0.15) is 37.6 Å². The van der Waals surface area contributed by atoms with Crippen LogP contribution in [-0.4, -0.2) is 31.2 Å². The molecular weight excluding hydrogens is 264 g/mol. The van der Waals surface area contributed by atoms with Gasteiger partial charge in [0.05, 0.1) is 29.6 Å². The van der Waals surface area contributed by atoms with Crippen LogP contribution < -0.4 is 5.32 Å². The van der Waals surface area contributed by atoms with E-state index < -0.39 is 0 Å². The highest BCUT2D eigenvalue weighted by molar-refractivity contribution is 5.56. The highest BCUT2D eigenvalue weighted by atomic mass is 15.4. The lowest BCUT2D eigenvalue weighted by atomic mass is 10.1. The molecule has 6 nitrogen and oxygen atoms in total. The quantitative estimate of drug-likeness (QED) is 0.752. The van der Waals surface area contributed by atoms with Crippen LogP contribution in [-0.2, 0) is 6.54 Å². The Bertz CT molecular complexity index is 714. The van der Waals surface area contributed by atoms with Gasteiger partial charge in [-0.2, -0.15) is 5.10 Å². The standard InChI is InChI=1S/C15H20N6/c1-3-8-21-14(11-17-19-21)15(16-4-2)12-10-18-20-9-6-5-7-13(12)20/h5-7,9-11,15-16H,3-4,8H2,1-2H3. The van der Waals surface area contributed by atoms with Gasteiger partial charge in [-0.05, 0) is 25.1 Å². The van der Waals surface area contributed by atoms with Crippen molar-refractivity contribution in [1.82, 2.24) is 29.9 Å². The van der Waals surface area contributed by atoms with Crippen LogP contribution in [0.2, 0.25) is 0 Å². The Morgan fingerprint density at radius 1 is 1.24 bits per heavy atom. The van der Waals surface area contributed by atoms with Crippen molar-refractivity contribution >= 4 is 5.52 Å². The van der Waals surface area contributed by atoms with Gasteiger partial charge in [-0.25, -0.2) is 9.20 Å². The van der Waals surface area contributed by atoms with Gasteiger partial charge >= 0.3 is 0 Å². The van der Waals surface area contributed by atoms with Gasteiger partial charge in [0.1, 0.15) is 0 Å². The Kier molecular flexibility index (Phi) is 3.96.